The Balaban J connectivity index is 1.68. The third-order valence-electron chi connectivity index (χ3n) is 5.88. The lowest BCUT2D eigenvalue weighted by Crippen LogP contribution is -2.38. The number of aryl methyl sites for hydroxylation is 1. The van der Waals surface area contributed by atoms with Crippen molar-refractivity contribution in [2.24, 2.45) is 0 Å². The summed E-state index contributed by atoms with van der Waals surface area (Å²) in [5.74, 6) is -0.714. The van der Waals surface area contributed by atoms with Crippen LogP contribution in [0.15, 0.2) is 18.2 Å². The van der Waals surface area contributed by atoms with Gasteiger partial charge in [0, 0.05) is 40.9 Å². The van der Waals surface area contributed by atoms with Crippen LogP contribution < -0.4 is 0 Å². The Morgan fingerprint density at radius 3 is 2.97 bits per heavy atom. The first-order valence-corrected chi connectivity index (χ1v) is 11.4. The summed E-state index contributed by atoms with van der Waals surface area (Å²) < 4.78 is 21.1. The summed E-state index contributed by atoms with van der Waals surface area (Å²) in [6, 6.07) is 4.67. The smallest absolute Gasteiger partial charge is 0.257 e. The van der Waals surface area contributed by atoms with Crippen molar-refractivity contribution >= 4 is 28.5 Å². The second-order valence-corrected chi connectivity index (χ2v) is 9.22. The van der Waals surface area contributed by atoms with Gasteiger partial charge >= 0.3 is 0 Å². The van der Waals surface area contributed by atoms with E-state index in [1.54, 1.807) is 17.0 Å². The number of pyridine rings is 1. The van der Waals surface area contributed by atoms with Crippen molar-refractivity contribution in [2.75, 3.05) is 6.54 Å². The molecule has 3 heterocycles. The number of aromatic nitrogens is 1. The number of carbonyl (C=O) groups is 1. The minimum absolute atomic E-state index is 0.145. The van der Waals surface area contributed by atoms with Gasteiger partial charge in [0.25, 0.3) is 5.91 Å². The maximum atomic E-state index is 14.3. The Morgan fingerprint density at radius 1 is 1.34 bits per heavy atom. The Bertz CT molecular complexity index is 947. The van der Waals surface area contributed by atoms with Crippen molar-refractivity contribution in [3.05, 3.63) is 61.2 Å². The molecule has 1 aromatic heterocycles. The van der Waals surface area contributed by atoms with Crippen molar-refractivity contribution in [1.29, 1.82) is 0 Å². The normalized spacial score (nSPS) is 18.3. The Morgan fingerprint density at radius 2 is 2.17 bits per heavy atom. The van der Waals surface area contributed by atoms with Gasteiger partial charge < -0.3 is 9.64 Å². The highest BCUT2D eigenvalue weighted by molar-refractivity contribution is 14.1. The molecule has 1 aromatic carbocycles. The van der Waals surface area contributed by atoms with Crippen molar-refractivity contribution in [1.82, 2.24) is 9.88 Å². The molecule has 0 bridgehead atoms. The number of rotatable bonds is 4. The third-order valence-corrected chi connectivity index (χ3v) is 6.55. The fourth-order valence-corrected chi connectivity index (χ4v) is 4.77. The summed E-state index contributed by atoms with van der Waals surface area (Å²) in [6.45, 7) is 5.90. The lowest BCUT2D eigenvalue weighted by Gasteiger charge is -2.34. The Hall–Kier alpha value is -1.54. The second-order valence-electron chi connectivity index (χ2n) is 7.97. The number of carbonyl (C=O) groups excluding carboxylic acids is 1. The maximum absolute atomic E-state index is 14.3. The molecule has 1 atom stereocenters. The zero-order chi connectivity index (χ0) is 20.5. The molecule has 4 nitrogen and oxygen atoms in total. The third kappa shape index (κ3) is 4.19. The van der Waals surface area contributed by atoms with Gasteiger partial charge in [0.15, 0.2) is 0 Å². The molecule has 0 saturated heterocycles. The summed E-state index contributed by atoms with van der Waals surface area (Å²) in [5, 5.41) is 0. The average Bonchev–Trinajstić information content (AvgIpc) is 2.72. The zero-order valence-corrected chi connectivity index (χ0v) is 19.1. The highest BCUT2D eigenvalue weighted by atomic mass is 127. The number of hydrogen-bond acceptors (Lipinski definition) is 3. The van der Waals surface area contributed by atoms with Crippen LogP contribution in [0.4, 0.5) is 4.39 Å². The minimum atomic E-state index is -0.464. The molecule has 6 heteroatoms. The Labute approximate surface area is 185 Å². The van der Waals surface area contributed by atoms with Gasteiger partial charge in [-0.25, -0.2) is 4.39 Å². The monoisotopic (exact) mass is 508 g/mol. The van der Waals surface area contributed by atoms with Crippen molar-refractivity contribution in [3.8, 4) is 0 Å². The minimum Gasteiger partial charge on any atom is -0.373 e. The quantitative estimate of drug-likeness (QED) is 0.556. The van der Waals surface area contributed by atoms with Gasteiger partial charge in [0.05, 0.1) is 18.3 Å². The van der Waals surface area contributed by atoms with E-state index in [2.05, 4.69) is 36.4 Å². The molecule has 0 spiro atoms. The van der Waals surface area contributed by atoms with Crippen LogP contribution in [0.5, 0.6) is 0 Å². The SMILES string of the molecule is CCCCc1nc2c(c3c1C[C@H](C)OC3)CN(C(=O)c1cc(I)ccc1F)CC2. The maximum Gasteiger partial charge on any atom is 0.257 e. The standard InChI is InChI=1S/C23H26FIN2O2/c1-3-4-5-21-16-10-14(2)29-13-19(16)18-12-27(9-8-22(18)26-21)23(28)17-11-15(25)6-7-20(17)24/h6-7,11,14H,3-5,8-10,12-13H2,1-2H3/t14-/m0/s1. The number of benzene rings is 1. The zero-order valence-electron chi connectivity index (χ0n) is 16.9. The largest absolute Gasteiger partial charge is 0.373 e. The molecule has 154 valence electrons. The first kappa shape index (κ1) is 20.7. The van der Waals surface area contributed by atoms with E-state index >= 15 is 0 Å². The van der Waals surface area contributed by atoms with Crippen molar-refractivity contribution in [2.45, 2.75) is 65.2 Å². The molecule has 4 rings (SSSR count). The van der Waals surface area contributed by atoms with E-state index < -0.39 is 5.82 Å². The Kier molecular flexibility index (Phi) is 6.20. The van der Waals surface area contributed by atoms with E-state index in [1.807, 2.05) is 0 Å². The van der Waals surface area contributed by atoms with Crippen LogP contribution in [-0.4, -0.2) is 28.4 Å². The highest BCUT2D eigenvalue weighted by Gasteiger charge is 2.30. The number of fused-ring (bicyclic) bond motifs is 3. The number of halogens is 2. The molecule has 0 fully saturated rings. The van der Waals surface area contributed by atoms with Crippen LogP contribution in [-0.2, 0) is 37.2 Å². The predicted octanol–water partition coefficient (Wildman–Crippen LogP) is 4.83. The summed E-state index contributed by atoms with van der Waals surface area (Å²) >= 11 is 2.11. The van der Waals surface area contributed by atoms with Gasteiger partial charge in [-0.05, 0) is 77.2 Å². The number of hydrogen-bond donors (Lipinski definition) is 0. The number of unbranched alkanes of at least 4 members (excludes halogenated alkanes) is 1. The van der Waals surface area contributed by atoms with Crippen LogP contribution in [0.3, 0.4) is 0 Å². The molecule has 1 amide bonds. The topological polar surface area (TPSA) is 42.4 Å². The molecule has 2 aromatic rings. The van der Waals surface area contributed by atoms with E-state index in [0.29, 0.717) is 26.1 Å². The molecule has 2 aliphatic heterocycles. The highest BCUT2D eigenvalue weighted by Crippen LogP contribution is 2.32. The molecule has 0 N–H and O–H groups in total. The number of ether oxygens (including phenoxy) is 1. The van der Waals surface area contributed by atoms with Crippen LogP contribution in [0.2, 0.25) is 0 Å². The van der Waals surface area contributed by atoms with Crippen LogP contribution in [0, 0.1) is 9.39 Å². The average molecular weight is 508 g/mol. The summed E-state index contributed by atoms with van der Waals surface area (Å²) in [6.07, 6.45) is 5.02. The van der Waals surface area contributed by atoms with Gasteiger partial charge in [-0.1, -0.05) is 13.3 Å². The van der Waals surface area contributed by atoms with Crippen molar-refractivity contribution in [3.63, 3.8) is 0 Å². The van der Waals surface area contributed by atoms with E-state index in [1.165, 1.54) is 22.9 Å². The first-order valence-electron chi connectivity index (χ1n) is 10.4. The van der Waals surface area contributed by atoms with E-state index in [0.717, 1.165) is 40.5 Å². The summed E-state index contributed by atoms with van der Waals surface area (Å²) in [7, 11) is 0. The molecule has 0 aliphatic carbocycles. The molecule has 0 saturated carbocycles. The molecule has 29 heavy (non-hydrogen) atoms. The van der Waals surface area contributed by atoms with Crippen LogP contribution >= 0.6 is 22.6 Å². The molecular weight excluding hydrogens is 482 g/mol. The molecule has 0 radical (unpaired) electrons. The van der Waals surface area contributed by atoms with Crippen molar-refractivity contribution < 1.29 is 13.9 Å². The van der Waals surface area contributed by atoms with Gasteiger partial charge in [-0.15, -0.1) is 0 Å². The fraction of sp³-hybridized carbons (Fsp3) is 0.478. The lowest BCUT2D eigenvalue weighted by molar-refractivity contribution is 0.0388. The van der Waals surface area contributed by atoms with Gasteiger partial charge in [-0.3, -0.25) is 9.78 Å². The van der Waals surface area contributed by atoms with Crippen LogP contribution in [0.25, 0.3) is 0 Å². The van der Waals surface area contributed by atoms with Gasteiger partial charge in [0.2, 0.25) is 0 Å². The predicted molar refractivity (Wildman–Crippen MR) is 118 cm³/mol. The van der Waals surface area contributed by atoms with Gasteiger partial charge in [-0.2, -0.15) is 0 Å². The van der Waals surface area contributed by atoms with E-state index in [4.69, 9.17) is 9.72 Å². The summed E-state index contributed by atoms with van der Waals surface area (Å²) in [4.78, 5) is 19.8. The van der Waals surface area contributed by atoms with E-state index in [9.17, 15) is 9.18 Å². The molecular formula is C23H26FIN2O2. The molecule has 0 unspecified atom stereocenters. The second kappa shape index (κ2) is 8.68. The van der Waals surface area contributed by atoms with Crippen LogP contribution in [0.1, 0.15) is 65.1 Å². The van der Waals surface area contributed by atoms with E-state index in [-0.39, 0.29) is 17.6 Å². The molecule has 2 aliphatic rings. The first-order chi connectivity index (χ1) is 14.0. The lowest BCUT2D eigenvalue weighted by atomic mass is 9.89. The number of nitrogens with zero attached hydrogens (tertiary/aromatic N) is 2. The summed E-state index contributed by atoms with van der Waals surface area (Å²) in [5.41, 5.74) is 6.06. The fourth-order valence-electron chi connectivity index (χ4n) is 4.28. The van der Waals surface area contributed by atoms with Gasteiger partial charge in [0.1, 0.15) is 5.82 Å². The number of amides is 1.